The first-order chi connectivity index (χ1) is 9.75. The fourth-order valence-electron chi connectivity index (χ4n) is 2.85. The van der Waals surface area contributed by atoms with Gasteiger partial charge in [-0.2, -0.15) is 0 Å². The van der Waals surface area contributed by atoms with Gasteiger partial charge in [-0.1, -0.05) is 6.42 Å². The van der Waals surface area contributed by atoms with Gasteiger partial charge in [0.15, 0.2) is 11.5 Å². The molecule has 0 amide bonds. The van der Waals surface area contributed by atoms with Gasteiger partial charge in [0.2, 0.25) is 0 Å². The van der Waals surface area contributed by atoms with Crippen LogP contribution in [0, 0.1) is 0 Å². The molecule has 0 aromatic heterocycles. The van der Waals surface area contributed by atoms with Gasteiger partial charge in [0.25, 0.3) is 6.43 Å². The van der Waals surface area contributed by atoms with Crippen LogP contribution in [-0.2, 0) is 0 Å². The number of hydrogen-bond donors (Lipinski definition) is 1. The summed E-state index contributed by atoms with van der Waals surface area (Å²) in [5.74, 6) is 1.03. The van der Waals surface area contributed by atoms with Crippen molar-refractivity contribution in [2.75, 3.05) is 19.8 Å². The number of ether oxygens (including phenoxy) is 2. The number of nitrogens with one attached hydrogen (secondary N) is 1. The van der Waals surface area contributed by atoms with Crippen LogP contribution in [0.15, 0.2) is 12.1 Å². The van der Waals surface area contributed by atoms with Crippen molar-refractivity contribution in [2.24, 2.45) is 0 Å². The van der Waals surface area contributed by atoms with E-state index in [-0.39, 0.29) is 11.6 Å². The molecule has 2 aliphatic heterocycles. The third kappa shape index (κ3) is 2.73. The van der Waals surface area contributed by atoms with Gasteiger partial charge in [0.05, 0.1) is 13.2 Å². The molecule has 5 heteroatoms. The molecule has 2 aliphatic rings. The molecule has 1 fully saturated rings. The molecule has 1 atom stereocenters. The van der Waals surface area contributed by atoms with E-state index < -0.39 is 6.43 Å². The Labute approximate surface area is 117 Å². The van der Waals surface area contributed by atoms with Gasteiger partial charge < -0.3 is 14.8 Å². The van der Waals surface area contributed by atoms with Crippen molar-refractivity contribution in [3.8, 4) is 11.5 Å². The minimum Gasteiger partial charge on any atom is -0.490 e. The van der Waals surface area contributed by atoms with Crippen molar-refractivity contribution in [3.63, 3.8) is 0 Å². The summed E-state index contributed by atoms with van der Waals surface area (Å²) >= 11 is 0. The minimum absolute atomic E-state index is 0.00935. The van der Waals surface area contributed by atoms with Crippen LogP contribution in [0.5, 0.6) is 11.5 Å². The highest BCUT2D eigenvalue weighted by molar-refractivity contribution is 5.49. The van der Waals surface area contributed by atoms with E-state index in [9.17, 15) is 8.78 Å². The Kier molecular flexibility index (Phi) is 4.05. The zero-order valence-corrected chi connectivity index (χ0v) is 11.3. The zero-order valence-electron chi connectivity index (χ0n) is 11.3. The number of hydrogen-bond acceptors (Lipinski definition) is 3. The van der Waals surface area contributed by atoms with Gasteiger partial charge in [-0.05, 0) is 37.1 Å². The Balaban J connectivity index is 1.99. The monoisotopic (exact) mass is 283 g/mol. The molecular weight excluding hydrogens is 264 g/mol. The van der Waals surface area contributed by atoms with Crippen LogP contribution < -0.4 is 14.8 Å². The average molecular weight is 283 g/mol. The lowest BCUT2D eigenvalue weighted by Crippen LogP contribution is -2.27. The van der Waals surface area contributed by atoms with Crippen LogP contribution in [0.2, 0.25) is 0 Å². The molecular formula is C15H19F2NO2. The Bertz CT molecular complexity index is 473. The van der Waals surface area contributed by atoms with Crippen LogP contribution in [0.1, 0.15) is 49.3 Å². The number of halogens is 2. The fraction of sp³-hybridized carbons (Fsp3) is 0.600. The predicted molar refractivity (Wildman–Crippen MR) is 71.6 cm³/mol. The number of piperidine rings is 1. The maximum absolute atomic E-state index is 13.3. The molecule has 0 radical (unpaired) electrons. The first-order valence-corrected chi connectivity index (χ1v) is 7.20. The Hall–Kier alpha value is -1.36. The summed E-state index contributed by atoms with van der Waals surface area (Å²) in [5.41, 5.74) is 0.720. The average Bonchev–Trinajstić information content (AvgIpc) is 2.71. The fourth-order valence-corrected chi connectivity index (χ4v) is 2.85. The van der Waals surface area contributed by atoms with Crippen LogP contribution in [0.3, 0.4) is 0 Å². The topological polar surface area (TPSA) is 30.5 Å². The van der Waals surface area contributed by atoms with E-state index >= 15 is 0 Å². The standard InChI is InChI=1S/C15H19F2NO2/c16-15(17)11-9-14-13(19-6-3-7-20-14)8-10(11)12-4-1-2-5-18-12/h8-9,12,15,18H,1-7H2. The number of fused-ring (bicyclic) bond motifs is 1. The first-order valence-electron chi connectivity index (χ1n) is 7.20. The first kappa shape index (κ1) is 13.6. The van der Waals surface area contributed by atoms with Crippen molar-refractivity contribution < 1.29 is 18.3 Å². The molecule has 110 valence electrons. The molecule has 1 N–H and O–H groups in total. The van der Waals surface area contributed by atoms with Crippen LogP contribution in [0.25, 0.3) is 0 Å². The van der Waals surface area contributed by atoms with E-state index in [2.05, 4.69) is 5.32 Å². The molecule has 3 nitrogen and oxygen atoms in total. The lowest BCUT2D eigenvalue weighted by atomic mass is 9.93. The molecule has 1 saturated heterocycles. The Morgan fingerprint density at radius 2 is 1.80 bits per heavy atom. The number of benzene rings is 1. The van der Waals surface area contributed by atoms with E-state index in [0.29, 0.717) is 30.3 Å². The van der Waals surface area contributed by atoms with Gasteiger partial charge in [-0.3, -0.25) is 0 Å². The highest BCUT2D eigenvalue weighted by Gasteiger charge is 2.25. The van der Waals surface area contributed by atoms with Gasteiger partial charge in [0.1, 0.15) is 0 Å². The van der Waals surface area contributed by atoms with Crippen LogP contribution in [0.4, 0.5) is 8.78 Å². The Morgan fingerprint density at radius 1 is 1.05 bits per heavy atom. The van der Waals surface area contributed by atoms with Crippen molar-refractivity contribution in [1.82, 2.24) is 5.32 Å². The summed E-state index contributed by atoms with van der Waals surface area (Å²) < 4.78 is 37.8. The maximum Gasteiger partial charge on any atom is 0.264 e. The molecule has 3 rings (SSSR count). The molecule has 0 bridgehead atoms. The molecule has 0 aliphatic carbocycles. The lowest BCUT2D eigenvalue weighted by molar-refractivity contribution is 0.148. The highest BCUT2D eigenvalue weighted by Crippen LogP contribution is 2.40. The smallest absolute Gasteiger partial charge is 0.264 e. The van der Waals surface area contributed by atoms with Gasteiger partial charge in [-0.15, -0.1) is 0 Å². The second-order valence-corrected chi connectivity index (χ2v) is 5.28. The third-order valence-corrected chi connectivity index (χ3v) is 3.87. The molecule has 2 heterocycles. The van der Waals surface area contributed by atoms with Gasteiger partial charge in [0, 0.05) is 18.0 Å². The molecule has 20 heavy (non-hydrogen) atoms. The van der Waals surface area contributed by atoms with E-state index in [0.717, 1.165) is 32.2 Å². The van der Waals surface area contributed by atoms with E-state index in [1.165, 1.54) is 6.07 Å². The minimum atomic E-state index is -2.49. The normalized spacial score (nSPS) is 22.6. The number of rotatable bonds is 2. The number of alkyl halides is 2. The van der Waals surface area contributed by atoms with Gasteiger partial charge >= 0.3 is 0 Å². The molecule has 1 aromatic rings. The van der Waals surface area contributed by atoms with Gasteiger partial charge in [-0.25, -0.2) is 8.78 Å². The van der Waals surface area contributed by atoms with Crippen LogP contribution >= 0.6 is 0 Å². The van der Waals surface area contributed by atoms with E-state index in [1.807, 2.05) is 0 Å². The Morgan fingerprint density at radius 3 is 2.45 bits per heavy atom. The predicted octanol–water partition coefficient (Wildman–Crippen LogP) is 3.60. The molecule has 1 aromatic carbocycles. The maximum atomic E-state index is 13.3. The summed E-state index contributed by atoms with van der Waals surface area (Å²) in [6, 6.07) is 3.19. The summed E-state index contributed by atoms with van der Waals surface area (Å²) in [6.45, 7) is 1.96. The molecule has 0 spiro atoms. The molecule has 0 saturated carbocycles. The summed E-state index contributed by atoms with van der Waals surface area (Å²) in [4.78, 5) is 0. The van der Waals surface area contributed by atoms with E-state index in [1.54, 1.807) is 6.07 Å². The second kappa shape index (κ2) is 5.95. The summed E-state index contributed by atoms with van der Waals surface area (Å²) in [6.07, 6.45) is 1.33. The third-order valence-electron chi connectivity index (χ3n) is 3.87. The van der Waals surface area contributed by atoms with Crippen molar-refractivity contribution in [2.45, 2.75) is 38.2 Å². The quantitative estimate of drug-likeness (QED) is 0.899. The van der Waals surface area contributed by atoms with Crippen LogP contribution in [-0.4, -0.2) is 19.8 Å². The van der Waals surface area contributed by atoms with E-state index in [4.69, 9.17) is 9.47 Å². The second-order valence-electron chi connectivity index (χ2n) is 5.28. The molecule has 1 unspecified atom stereocenters. The van der Waals surface area contributed by atoms with Crippen molar-refractivity contribution in [3.05, 3.63) is 23.3 Å². The van der Waals surface area contributed by atoms with Crippen molar-refractivity contribution in [1.29, 1.82) is 0 Å². The SMILES string of the molecule is FC(F)c1cc2c(cc1C1CCCCN1)OCCCO2. The highest BCUT2D eigenvalue weighted by atomic mass is 19.3. The van der Waals surface area contributed by atoms with Crippen molar-refractivity contribution >= 4 is 0 Å². The largest absolute Gasteiger partial charge is 0.490 e. The summed E-state index contributed by atoms with van der Waals surface area (Å²) in [5, 5.41) is 3.32. The zero-order chi connectivity index (χ0) is 13.9. The lowest BCUT2D eigenvalue weighted by Gasteiger charge is -2.26. The summed E-state index contributed by atoms with van der Waals surface area (Å²) in [7, 11) is 0.